The minimum Gasteiger partial charge on any atom is -0.354 e. The molecule has 0 aromatic heterocycles. The predicted molar refractivity (Wildman–Crippen MR) is 79.2 cm³/mol. The maximum Gasteiger partial charge on any atom is 0.239 e. The summed E-state index contributed by atoms with van der Waals surface area (Å²) in [5.74, 6) is 1.49. The van der Waals surface area contributed by atoms with Crippen LogP contribution in [0, 0.1) is 5.92 Å². The second kappa shape index (κ2) is 8.02. The fraction of sp³-hybridized carbons (Fsp3) is 0.857. The largest absolute Gasteiger partial charge is 0.354 e. The van der Waals surface area contributed by atoms with E-state index in [1.165, 1.54) is 25.7 Å². The maximum atomic E-state index is 11.6. The summed E-state index contributed by atoms with van der Waals surface area (Å²) in [6.45, 7) is 6.46. The molecule has 1 aliphatic carbocycles. The quantitative estimate of drug-likeness (QED) is 0.531. The summed E-state index contributed by atoms with van der Waals surface area (Å²) in [5.41, 5.74) is 0. The molecule has 5 heteroatoms. The third kappa shape index (κ3) is 6.45. The Morgan fingerprint density at radius 3 is 2.68 bits per heavy atom. The highest BCUT2D eigenvalue weighted by Crippen LogP contribution is 2.23. The average Bonchev–Trinajstić information content (AvgIpc) is 2.33. The van der Waals surface area contributed by atoms with E-state index in [2.05, 4.69) is 27.9 Å². The second-order valence-electron chi connectivity index (χ2n) is 5.76. The fourth-order valence-electron chi connectivity index (χ4n) is 2.49. The molecule has 0 aromatic rings. The molecule has 1 aliphatic rings. The summed E-state index contributed by atoms with van der Waals surface area (Å²) in [5, 5.41) is 9.32. The molecule has 0 heterocycles. The lowest BCUT2D eigenvalue weighted by Crippen LogP contribution is -2.48. The van der Waals surface area contributed by atoms with E-state index in [0.717, 1.165) is 11.9 Å². The lowest BCUT2D eigenvalue weighted by Gasteiger charge is -2.28. The van der Waals surface area contributed by atoms with Crippen LogP contribution in [0.1, 0.15) is 46.5 Å². The first-order valence-electron chi connectivity index (χ1n) is 7.27. The molecule has 2 unspecified atom stereocenters. The Labute approximate surface area is 116 Å². The molecule has 19 heavy (non-hydrogen) atoms. The summed E-state index contributed by atoms with van der Waals surface area (Å²) in [6.07, 6.45) is 4.95. The van der Waals surface area contributed by atoms with Gasteiger partial charge >= 0.3 is 0 Å². The molecule has 3 N–H and O–H groups in total. The SMILES string of the molecule is CN=C(NCC(=O)NC(C)C)NC1CCCC(C)C1. The van der Waals surface area contributed by atoms with Crippen LogP contribution in [0.15, 0.2) is 4.99 Å². The summed E-state index contributed by atoms with van der Waals surface area (Å²) >= 11 is 0. The molecule has 0 aliphatic heterocycles. The van der Waals surface area contributed by atoms with Crippen molar-refractivity contribution >= 4 is 11.9 Å². The zero-order chi connectivity index (χ0) is 14.3. The Balaban J connectivity index is 2.31. The Bertz CT molecular complexity index is 315. The molecule has 110 valence electrons. The van der Waals surface area contributed by atoms with Gasteiger partial charge in [-0.15, -0.1) is 0 Å². The lowest BCUT2D eigenvalue weighted by molar-refractivity contribution is -0.120. The second-order valence-corrected chi connectivity index (χ2v) is 5.76. The van der Waals surface area contributed by atoms with E-state index < -0.39 is 0 Å². The highest BCUT2D eigenvalue weighted by molar-refractivity contribution is 5.86. The van der Waals surface area contributed by atoms with Crippen LogP contribution >= 0.6 is 0 Å². The van der Waals surface area contributed by atoms with Gasteiger partial charge in [-0.3, -0.25) is 9.79 Å². The summed E-state index contributed by atoms with van der Waals surface area (Å²) in [7, 11) is 1.74. The van der Waals surface area contributed by atoms with E-state index in [9.17, 15) is 4.79 Å². The van der Waals surface area contributed by atoms with Gasteiger partial charge in [0.25, 0.3) is 0 Å². The molecular formula is C14H28N4O. The number of guanidine groups is 1. The van der Waals surface area contributed by atoms with Gasteiger partial charge in [0.1, 0.15) is 0 Å². The van der Waals surface area contributed by atoms with Crippen LogP contribution < -0.4 is 16.0 Å². The first-order chi connectivity index (χ1) is 9.01. The van der Waals surface area contributed by atoms with Gasteiger partial charge in [0, 0.05) is 19.1 Å². The molecule has 5 nitrogen and oxygen atoms in total. The smallest absolute Gasteiger partial charge is 0.239 e. The lowest BCUT2D eigenvalue weighted by atomic mass is 9.87. The van der Waals surface area contributed by atoms with E-state index in [1.807, 2.05) is 13.8 Å². The number of hydrogen-bond acceptors (Lipinski definition) is 2. The molecule has 0 aromatic carbocycles. The number of aliphatic imine (C=N–C) groups is 1. The monoisotopic (exact) mass is 268 g/mol. The number of carbonyl (C=O) groups excluding carboxylic acids is 1. The Morgan fingerprint density at radius 1 is 1.37 bits per heavy atom. The molecule has 0 spiro atoms. The number of nitrogens with zero attached hydrogens (tertiary/aromatic N) is 1. The minimum absolute atomic E-state index is 0.00466. The Hall–Kier alpha value is -1.26. The highest BCUT2D eigenvalue weighted by atomic mass is 16.1. The zero-order valence-electron chi connectivity index (χ0n) is 12.6. The molecule has 0 radical (unpaired) electrons. The molecule has 0 saturated heterocycles. The fourth-order valence-corrected chi connectivity index (χ4v) is 2.49. The van der Waals surface area contributed by atoms with E-state index >= 15 is 0 Å². The van der Waals surface area contributed by atoms with Crippen molar-refractivity contribution in [2.45, 2.75) is 58.5 Å². The van der Waals surface area contributed by atoms with Crippen LogP contribution in [0.25, 0.3) is 0 Å². The van der Waals surface area contributed by atoms with Gasteiger partial charge in [0.2, 0.25) is 5.91 Å². The first-order valence-corrected chi connectivity index (χ1v) is 7.27. The molecule has 1 saturated carbocycles. The van der Waals surface area contributed by atoms with E-state index in [0.29, 0.717) is 6.04 Å². The van der Waals surface area contributed by atoms with E-state index in [-0.39, 0.29) is 18.5 Å². The van der Waals surface area contributed by atoms with Gasteiger partial charge in [0.15, 0.2) is 5.96 Å². The molecule has 2 atom stereocenters. The Morgan fingerprint density at radius 2 is 2.11 bits per heavy atom. The van der Waals surface area contributed by atoms with Crippen molar-refractivity contribution in [3.63, 3.8) is 0 Å². The van der Waals surface area contributed by atoms with E-state index in [1.54, 1.807) is 7.05 Å². The van der Waals surface area contributed by atoms with Crippen LogP contribution in [-0.2, 0) is 4.79 Å². The molecule has 1 fully saturated rings. The van der Waals surface area contributed by atoms with Gasteiger partial charge in [-0.1, -0.05) is 19.8 Å². The molecule has 1 amide bonds. The van der Waals surface area contributed by atoms with Crippen molar-refractivity contribution in [3.05, 3.63) is 0 Å². The zero-order valence-corrected chi connectivity index (χ0v) is 12.6. The molecule has 1 rings (SSSR count). The standard InChI is InChI=1S/C14H28N4O/c1-10(2)17-13(19)9-16-14(15-4)18-12-7-5-6-11(3)8-12/h10-12H,5-9H2,1-4H3,(H,17,19)(H2,15,16,18). The normalized spacial score (nSPS) is 24.2. The van der Waals surface area contributed by atoms with Crippen LogP contribution in [0.5, 0.6) is 0 Å². The van der Waals surface area contributed by atoms with Gasteiger partial charge in [-0.25, -0.2) is 0 Å². The minimum atomic E-state index is -0.00466. The van der Waals surface area contributed by atoms with E-state index in [4.69, 9.17) is 0 Å². The topological polar surface area (TPSA) is 65.5 Å². The Kier molecular flexibility index (Phi) is 6.67. The van der Waals surface area contributed by atoms with Crippen molar-refractivity contribution < 1.29 is 4.79 Å². The summed E-state index contributed by atoms with van der Waals surface area (Å²) < 4.78 is 0. The van der Waals surface area contributed by atoms with Crippen LogP contribution in [0.4, 0.5) is 0 Å². The first kappa shape index (κ1) is 15.8. The number of nitrogens with one attached hydrogen (secondary N) is 3. The molecule has 0 bridgehead atoms. The highest BCUT2D eigenvalue weighted by Gasteiger charge is 2.19. The van der Waals surface area contributed by atoms with Gasteiger partial charge in [0.05, 0.1) is 6.54 Å². The third-order valence-corrected chi connectivity index (χ3v) is 3.37. The van der Waals surface area contributed by atoms with Crippen LogP contribution in [0.2, 0.25) is 0 Å². The number of carbonyl (C=O) groups is 1. The van der Waals surface area contributed by atoms with Crippen molar-refractivity contribution in [2.75, 3.05) is 13.6 Å². The molecular weight excluding hydrogens is 240 g/mol. The third-order valence-electron chi connectivity index (χ3n) is 3.37. The number of rotatable bonds is 4. The average molecular weight is 268 g/mol. The van der Waals surface area contributed by atoms with Crippen molar-refractivity contribution in [3.8, 4) is 0 Å². The van der Waals surface area contributed by atoms with Crippen LogP contribution in [0.3, 0.4) is 0 Å². The maximum absolute atomic E-state index is 11.6. The summed E-state index contributed by atoms with van der Waals surface area (Å²) in [4.78, 5) is 15.7. The summed E-state index contributed by atoms with van der Waals surface area (Å²) in [6, 6.07) is 0.645. The van der Waals surface area contributed by atoms with Crippen molar-refractivity contribution in [1.82, 2.24) is 16.0 Å². The predicted octanol–water partition coefficient (Wildman–Crippen LogP) is 1.25. The van der Waals surface area contributed by atoms with Crippen molar-refractivity contribution in [2.24, 2.45) is 10.9 Å². The number of amides is 1. The van der Waals surface area contributed by atoms with Gasteiger partial charge in [-0.05, 0) is 32.6 Å². The number of hydrogen-bond donors (Lipinski definition) is 3. The van der Waals surface area contributed by atoms with Gasteiger partial charge < -0.3 is 16.0 Å². The van der Waals surface area contributed by atoms with Crippen molar-refractivity contribution in [1.29, 1.82) is 0 Å². The van der Waals surface area contributed by atoms with Gasteiger partial charge in [-0.2, -0.15) is 0 Å². The van der Waals surface area contributed by atoms with Crippen LogP contribution in [-0.4, -0.2) is 37.5 Å².